The summed E-state index contributed by atoms with van der Waals surface area (Å²) >= 11 is 0. The van der Waals surface area contributed by atoms with Crippen LogP contribution in [0.1, 0.15) is 71.1 Å². The number of unbranched alkanes of at least 4 members (excludes halogenated alkanes) is 9. The van der Waals surface area contributed by atoms with Crippen LogP contribution in [0.3, 0.4) is 0 Å². The van der Waals surface area contributed by atoms with Crippen molar-refractivity contribution in [3.8, 4) is 0 Å². The van der Waals surface area contributed by atoms with Crippen molar-refractivity contribution >= 4 is 29.6 Å². The predicted molar refractivity (Wildman–Crippen MR) is 131 cm³/mol. The summed E-state index contributed by atoms with van der Waals surface area (Å²) in [5, 5.41) is 70.2. The van der Waals surface area contributed by atoms with Crippen LogP contribution in [0, 0.1) is 0 Å². The molecule has 0 unspecified atom stereocenters. The maximum absolute atomic E-state index is 10.3. The Balaban J connectivity index is 0.00000648. The van der Waals surface area contributed by atoms with E-state index in [-0.39, 0.29) is 36.2 Å². The van der Waals surface area contributed by atoms with E-state index in [0.29, 0.717) is 6.61 Å². The third kappa shape index (κ3) is 9.63. The number of aliphatic hydroxyl groups is 7. The van der Waals surface area contributed by atoms with Gasteiger partial charge in [0.1, 0.15) is 49.3 Å². The number of hydrogen-bond acceptors (Lipinski definition) is 11. The fraction of sp³-hybridized carbons (Fsp3) is 1.00. The Labute approximate surface area is 236 Å². The molecule has 2 aliphatic heterocycles. The molecule has 0 saturated carbocycles. The summed E-state index contributed by atoms with van der Waals surface area (Å²) in [5.41, 5.74) is 0. The van der Waals surface area contributed by atoms with Gasteiger partial charge in [-0.25, -0.2) is 0 Å². The van der Waals surface area contributed by atoms with Crippen LogP contribution in [0.2, 0.25) is 0 Å². The van der Waals surface area contributed by atoms with E-state index in [1.54, 1.807) is 0 Å². The van der Waals surface area contributed by atoms with E-state index in [2.05, 4.69) is 6.92 Å². The number of aliphatic hydroxyl groups excluding tert-OH is 7. The van der Waals surface area contributed by atoms with E-state index in [1.807, 2.05) is 0 Å². The van der Waals surface area contributed by atoms with Crippen molar-refractivity contribution in [3.05, 3.63) is 0 Å². The standard InChI is InChI=1S/C24H46O11.Na.H/c1-2-3-4-5-6-7-8-9-10-11-12-32-14-17-18(27)20(29)21(30)23(33-17)35-24(15-26)22(31)19(28)16(13-25)34-24;;/h16-23,25-31H,2-15H2,1H3;;/t16-,17-,18-,19-,20+,21-,22+,23-,24+;;/m1../s1. The molecular formula is C24H47NaO11. The Morgan fingerprint density at radius 3 is 1.83 bits per heavy atom. The second-order valence-corrected chi connectivity index (χ2v) is 9.63. The van der Waals surface area contributed by atoms with E-state index in [1.165, 1.54) is 44.9 Å². The van der Waals surface area contributed by atoms with Crippen LogP contribution in [0.25, 0.3) is 0 Å². The SMILES string of the molecule is CCCCCCCCCCCCOC[C@H]1O[C@H](O[C@]2(CO)O[C@H](CO)[C@@H](O)[C@@H]2O)[C@H](O)[C@@H](O)[C@@H]1O.[NaH]. The molecule has 0 aliphatic carbocycles. The van der Waals surface area contributed by atoms with Crippen LogP contribution < -0.4 is 0 Å². The summed E-state index contributed by atoms with van der Waals surface area (Å²) in [6.45, 7) is 1.02. The quantitative estimate of drug-likeness (QED) is 0.0890. The first kappa shape index (κ1) is 34.6. The molecule has 0 radical (unpaired) electrons. The summed E-state index contributed by atoms with van der Waals surface area (Å²) in [5.74, 6) is -2.19. The molecular weight excluding hydrogens is 487 g/mol. The monoisotopic (exact) mass is 534 g/mol. The molecule has 2 saturated heterocycles. The molecule has 210 valence electrons. The Morgan fingerprint density at radius 1 is 0.722 bits per heavy atom. The molecule has 0 aromatic heterocycles. The second-order valence-electron chi connectivity index (χ2n) is 9.63. The van der Waals surface area contributed by atoms with Crippen LogP contribution in [-0.2, 0) is 18.9 Å². The van der Waals surface area contributed by atoms with Crippen LogP contribution in [0.5, 0.6) is 0 Å². The van der Waals surface area contributed by atoms with E-state index < -0.39 is 68.0 Å². The van der Waals surface area contributed by atoms with Gasteiger partial charge in [-0.1, -0.05) is 64.7 Å². The summed E-state index contributed by atoms with van der Waals surface area (Å²) in [6, 6.07) is 0. The Kier molecular flexibility index (Phi) is 17.3. The average Bonchev–Trinajstić information content (AvgIpc) is 3.10. The van der Waals surface area contributed by atoms with Crippen molar-refractivity contribution in [2.75, 3.05) is 26.4 Å². The van der Waals surface area contributed by atoms with Gasteiger partial charge in [0.05, 0.1) is 13.2 Å². The van der Waals surface area contributed by atoms with Gasteiger partial charge in [-0.2, -0.15) is 0 Å². The van der Waals surface area contributed by atoms with Gasteiger partial charge < -0.3 is 54.7 Å². The van der Waals surface area contributed by atoms with Crippen molar-refractivity contribution in [2.45, 2.75) is 126 Å². The van der Waals surface area contributed by atoms with Crippen LogP contribution in [-0.4, -0.2) is 147 Å². The molecule has 2 heterocycles. The minimum atomic E-state index is -2.19. The van der Waals surface area contributed by atoms with Crippen molar-refractivity contribution in [1.82, 2.24) is 0 Å². The third-order valence-corrected chi connectivity index (χ3v) is 6.81. The second kappa shape index (κ2) is 18.0. The Bertz CT molecular complexity index is 574. The first-order chi connectivity index (χ1) is 16.8. The van der Waals surface area contributed by atoms with Crippen molar-refractivity contribution in [3.63, 3.8) is 0 Å². The summed E-state index contributed by atoms with van der Waals surface area (Å²) in [6.07, 6.45) is -0.0918. The zero-order valence-corrected chi connectivity index (χ0v) is 20.8. The molecule has 9 atom stereocenters. The fourth-order valence-electron chi connectivity index (χ4n) is 4.51. The molecule has 0 aromatic rings. The zero-order valence-electron chi connectivity index (χ0n) is 20.8. The maximum atomic E-state index is 10.3. The molecule has 0 bridgehead atoms. The molecule has 11 nitrogen and oxygen atoms in total. The van der Waals surface area contributed by atoms with Gasteiger partial charge in [0, 0.05) is 6.61 Å². The van der Waals surface area contributed by atoms with Crippen LogP contribution in [0.15, 0.2) is 0 Å². The predicted octanol–water partition coefficient (Wildman–Crippen LogP) is -1.10. The molecule has 7 N–H and O–H groups in total. The Morgan fingerprint density at radius 2 is 1.31 bits per heavy atom. The van der Waals surface area contributed by atoms with Crippen LogP contribution in [0.4, 0.5) is 0 Å². The fourth-order valence-corrected chi connectivity index (χ4v) is 4.51. The molecule has 0 amide bonds. The van der Waals surface area contributed by atoms with Gasteiger partial charge in [-0.15, -0.1) is 0 Å². The van der Waals surface area contributed by atoms with E-state index in [0.717, 1.165) is 19.3 Å². The molecule has 2 aliphatic rings. The van der Waals surface area contributed by atoms with E-state index in [9.17, 15) is 35.7 Å². The van der Waals surface area contributed by atoms with E-state index >= 15 is 0 Å². The van der Waals surface area contributed by atoms with Crippen molar-refractivity contribution < 1.29 is 54.7 Å². The zero-order chi connectivity index (χ0) is 25.8. The van der Waals surface area contributed by atoms with Crippen molar-refractivity contribution in [1.29, 1.82) is 0 Å². The van der Waals surface area contributed by atoms with Crippen LogP contribution >= 0.6 is 0 Å². The number of ether oxygens (including phenoxy) is 4. The summed E-state index contributed by atoms with van der Waals surface area (Å²) in [7, 11) is 0. The minimum absolute atomic E-state index is 0. The van der Waals surface area contributed by atoms with Crippen molar-refractivity contribution in [2.24, 2.45) is 0 Å². The molecule has 12 heteroatoms. The molecule has 2 fully saturated rings. The first-order valence-electron chi connectivity index (χ1n) is 13.0. The first-order valence-corrected chi connectivity index (χ1v) is 13.0. The average molecular weight is 535 g/mol. The van der Waals surface area contributed by atoms with Gasteiger partial charge in [0.25, 0.3) is 0 Å². The molecule has 0 aromatic carbocycles. The Hall–Kier alpha value is 0.560. The molecule has 36 heavy (non-hydrogen) atoms. The van der Waals surface area contributed by atoms with Gasteiger partial charge in [-0.05, 0) is 6.42 Å². The van der Waals surface area contributed by atoms with Gasteiger partial charge >= 0.3 is 29.6 Å². The number of hydrogen-bond donors (Lipinski definition) is 7. The number of rotatable bonds is 17. The van der Waals surface area contributed by atoms with Gasteiger partial charge in [0.15, 0.2) is 6.29 Å². The van der Waals surface area contributed by atoms with Gasteiger partial charge in [-0.3, -0.25) is 0 Å². The molecule has 0 spiro atoms. The summed E-state index contributed by atoms with van der Waals surface area (Å²) in [4.78, 5) is 0. The van der Waals surface area contributed by atoms with E-state index in [4.69, 9.17) is 18.9 Å². The van der Waals surface area contributed by atoms with Gasteiger partial charge in [0.2, 0.25) is 5.79 Å². The topological polar surface area (TPSA) is 179 Å². The molecule has 2 rings (SSSR count). The third-order valence-electron chi connectivity index (χ3n) is 6.81. The normalized spacial score (nSPS) is 36.7. The summed E-state index contributed by atoms with van der Waals surface area (Å²) < 4.78 is 22.0.